The number of methoxy groups -OCH3 is 1. The van der Waals surface area contributed by atoms with Crippen LogP contribution in [0.15, 0.2) is 53.5 Å². The lowest BCUT2D eigenvalue weighted by Gasteiger charge is -2.12. The number of carbonyl (C=O) groups excluding carboxylic acids is 2. The van der Waals surface area contributed by atoms with Gasteiger partial charge in [0.2, 0.25) is 5.43 Å². The molecule has 0 unspecified atom stereocenters. The van der Waals surface area contributed by atoms with E-state index >= 15 is 0 Å². The van der Waals surface area contributed by atoms with Crippen molar-refractivity contribution in [3.05, 3.63) is 70.0 Å². The van der Waals surface area contributed by atoms with E-state index in [-0.39, 0.29) is 17.1 Å². The van der Waals surface area contributed by atoms with Gasteiger partial charge >= 0.3 is 5.97 Å². The maximum Gasteiger partial charge on any atom is 0.338 e. The SMILES string of the molecule is COc1cccc2c(=O)c(C(=O)Nc3ccc(C(=O)OC(C)C)cc3)cn(C)c12. The molecule has 0 atom stereocenters. The Morgan fingerprint density at radius 2 is 1.76 bits per heavy atom. The first kappa shape index (κ1) is 20.1. The molecule has 0 spiro atoms. The van der Waals surface area contributed by atoms with E-state index in [1.807, 2.05) is 0 Å². The summed E-state index contributed by atoms with van der Waals surface area (Å²) in [6, 6.07) is 11.4. The van der Waals surface area contributed by atoms with Gasteiger partial charge in [0, 0.05) is 18.9 Å². The molecule has 0 saturated heterocycles. The Balaban J connectivity index is 1.88. The number of hydrogen-bond donors (Lipinski definition) is 1. The molecule has 0 radical (unpaired) electrons. The molecule has 0 bridgehead atoms. The Bertz CT molecular complexity index is 1130. The first-order valence-electron chi connectivity index (χ1n) is 9.10. The van der Waals surface area contributed by atoms with Crippen LogP contribution >= 0.6 is 0 Å². The van der Waals surface area contributed by atoms with E-state index in [1.54, 1.807) is 67.9 Å². The third-order valence-corrected chi connectivity index (χ3v) is 4.35. The van der Waals surface area contributed by atoms with E-state index in [9.17, 15) is 14.4 Å². The number of hydrogen-bond acceptors (Lipinski definition) is 5. The van der Waals surface area contributed by atoms with Gasteiger partial charge in [-0.3, -0.25) is 9.59 Å². The monoisotopic (exact) mass is 394 g/mol. The molecule has 3 rings (SSSR count). The van der Waals surface area contributed by atoms with Crippen LogP contribution in [0.3, 0.4) is 0 Å². The van der Waals surface area contributed by atoms with Crippen molar-refractivity contribution in [2.24, 2.45) is 7.05 Å². The van der Waals surface area contributed by atoms with Gasteiger partial charge in [0.15, 0.2) is 0 Å². The van der Waals surface area contributed by atoms with Gasteiger partial charge in [0.1, 0.15) is 11.3 Å². The molecule has 150 valence electrons. The first-order chi connectivity index (χ1) is 13.8. The zero-order valence-electron chi connectivity index (χ0n) is 16.7. The lowest BCUT2D eigenvalue weighted by Crippen LogP contribution is -2.23. The van der Waals surface area contributed by atoms with Crippen LogP contribution in [0.25, 0.3) is 10.9 Å². The number of aromatic nitrogens is 1. The molecule has 29 heavy (non-hydrogen) atoms. The Morgan fingerprint density at radius 1 is 1.07 bits per heavy atom. The summed E-state index contributed by atoms with van der Waals surface area (Å²) in [5.74, 6) is -0.416. The Labute approximate surface area is 167 Å². The number of rotatable bonds is 5. The molecule has 0 aliphatic rings. The van der Waals surface area contributed by atoms with Crippen molar-refractivity contribution in [1.29, 1.82) is 0 Å². The number of ether oxygens (including phenoxy) is 2. The highest BCUT2D eigenvalue weighted by Gasteiger charge is 2.17. The second-order valence-electron chi connectivity index (χ2n) is 6.82. The summed E-state index contributed by atoms with van der Waals surface area (Å²) in [4.78, 5) is 37.4. The Morgan fingerprint density at radius 3 is 2.38 bits per heavy atom. The number of nitrogens with zero attached hydrogens (tertiary/aromatic N) is 1. The predicted octanol–water partition coefficient (Wildman–Crippen LogP) is 3.36. The van der Waals surface area contributed by atoms with Crippen molar-refractivity contribution >= 4 is 28.5 Å². The number of benzene rings is 2. The lowest BCUT2D eigenvalue weighted by molar-refractivity contribution is 0.0378. The summed E-state index contributed by atoms with van der Waals surface area (Å²) >= 11 is 0. The lowest BCUT2D eigenvalue weighted by atomic mass is 10.1. The van der Waals surface area contributed by atoms with E-state index in [2.05, 4.69) is 5.32 Å². The highest BCUT2D eigenvalue weighted by Crippen LogP contribution is 2.23. The van der Waals surface area contributed by atoms with Crippen LogP contribution in [0.1, 0.15) is 34.6 Å². The van der Waals surface area contributed by atoms with Gasteiger partial charge in [-0.15, -0.1) is 0 Å². The number of nitrogens with one attached hydrogen (secondary N) is 1. The number of aryl methyl sites for hydroxylation is 1. The summed E-state index contributed by atoms with van der Waals surface area (Å²) in [5, 5.41) is 3.09. The molecule has 2 aromatic carbocycles. The summed E-state index contributed by atoms with van der Waals surface area (Å²) in [6.45, 7) is 3.54. The smallest absolute Gasteiger partial charge is 0.338 e. The van der Waals surface area contributed by atoms with Crippen LogP contribution in [0.5, 0.6) is 5.75 Å². The van der Waals surface area contributed by atoms with Gasteiger partial charge in [-0.2, -0.15) is 0 Å². The third-order valence-electron chi connectivity index (χ3n) is 4.35. The van der Waals surface area contributed by atoms with Gasteiger partial charge in [-0.25, -0.2) is 4.79 Å². The molecule has 3 aromatic rings. The highest BCUT2D eigenvalue weighted by molar-refractivity contribution is 6.06. The van der Waals surface area contributed by atoms with Crippen LogP contribution in [-0.2, 0) is 11.8 Å². The number of anilines is 1. The van der Waals surface area contributed by atoms with Crippen LogP contribution < -0.4 is 15.5 Å². The largest absolute Gasteiger partial charge is 0.495 e. The number of fused-ring (bicyclic) bond motifs is 1. The Kier molecular flexibility index (Phi) is 5.68. The number of esters is 1. The van der Waals surface area contributed by atoms with Gasteiger partial charge in [0.25, 0.3) is 5.91 Å². The molecule has 0 aliphatic carbocycles. The fraction of sp³-hybridized carbons (Fsp3) is 0.227. The van der Waals surface area contributed by atoms with Gasteiger partial charge in [-0.1, -0.05) is 6.07 Å². The van der Waals surface area contributed by atoms with Gasteiger partial charge in [-0.05, 0) is 50.2 Å². The standard InChI is InChI=1S/C22H22N2O5/c1-13(2)29-22(27)14-8-10-15(11-9-14)23-21(26)17-12-24(3)19-16(20(17)25)6-5-7-18(19)28-4/h5-13H,1-4H3,(H,23,26). The molecule has 1 N–H and O–H groups in total. The van der Waals surface area contributed by atoms with Gasteiger partial charge < -0.3 is 19.4 Å². The Hall–Kier alpha value is -3.61. The number of amides is 1. The zero-order chi connectivity index (χ0) is 21.1. The number of pyridine rings is 1. The topological polar surface area (TPSA) is 86.6 Å². The molecule has 0 saturated carbocycles. The first-order valence-corrected chi connectivity index (χ1v) is 9.10. The quantitative estimate of drug-likeness (QED) is 0.671. The van der Waals surface area contributed by atoms with E-state index < -0.39 is 11.9 Å². The molecule has 0 fully saturated rings. The zero-order valence-corrected chi connectivity index (χ0v) is 16.7. The maximum atomic E-state index is 12.8. The highest BCUT2D eigenvalue weighted by atomic mass is 16.5. The van der Waals surface area contributed by atoms with Crippen molar-refractivity contribution in [3.8, 4) is 5.75 Å². The molecule has 0 aliphatic heterocycles. The van der Waals surface area contributed by atoms with Crippen molar-refractivity contribution < 1.29 is 19.1 Å². The molecule has 1 amide bonds. The number of carbonyl (C=O) groups is 2. The van der Waals surface area contributed by atoms with Crippen molar-refractivity contribution in [1.82, 2.24) is 4.57 Å². The van der Waals surface area contributed by atoms with Crippen molar-refractivity contribution in [2.45, 2.75) is 20.0 Å². The molecular weight excluding hydrogens is 372 g/mol. The van der Waals surface area contributed by atoms with Crippen molar-refractivity contribution in [2.75, 3.05) is 12.4 Å². The molecule has 7 nitrogen and oxygen atoms in total. The second-order valence-corrected chi connectivity index (χ2v) is 6.82. The minimum absolute atomic E-state index is 0.0107. The van der Waals surface area contributed by atoms with Crippen LogP contribution in [0.4, 0.5) is 5.69 Å². The molecule has 7 heteroatoms. The molecule has 1 heterocycles. The van der Waals surface area contributed by atoms with Crippen LogP contribution in [0.2, 0.25) is 0 Å². The predicted molar refractivity (Wildman–Crippen MR) is 111 cm³/mol. The molecule has 1 aromatic heterocycles. The molecular formula is C22H22N2O5. The normalized spacial score (nSPS) is 10.8. The van der Waals surface area contributed by atoms with E-state index in [0.29, 0.717) is 27.9 Å². The number of para-hydroxylation sites is 1. The summed E-state index contributed by atoms with van der Waals surface area (Å²) in [6.07, 6.45) is 1.27. The second kappa shape index (κ2) is 8.18. The van der Waals surface area contributed by atoms with Crippen molar-refractivity contribution in [3.63, 3.8) is 0 Å². The van der Waals surface area contributed by atoms with Crippen LogP contribution in [-0.4, -0.2) is 29.7 Å². The van der Waals surface area contributed by atoms with Crippen LogP contribution in [0, 0.1) is 0 Å². The van der Waals surface area contributed by atoms with E-state index in [1.165, 1.54) is 13.3 Å². The summed E-state index contributed by atoms with van der Waals surface area (Å²) in [5.41, 5.74) is 1.09. The van der Waals surface area contributed by atoms with E-state index in [0.717, 1.165) is 0 Å². The average Bonchev–Trinajstić information content (AvgIpc) is 2.70. The minimum atomic E-state index is -0.534. The summed E-state index contributed by atoms with van der Waals surface area (Å²) < 4.78 is 12.1. The van der Waals surface area contributed by atoms with Gasteiger partial charge in [0.05, 0.1) is 29.7 Å². The fourth-order valence-corrected chi connectivity index (χ4v) is 3.03. The maximum absolute atomic E-state index is 12.8. The summed E-state index contributed by atoms with van der Waals surface area (Å²) in [7, 11) is 3.27. The fourth-order valence-electron chi connectivity index (χ4n) is 3.03. The van der Waals surface area contributed by atoms with E-state index in [4.69, 9.17) is 9.47 Å². The minimum Gasteiger partial charge on any atom is -0.495 e. The third kappa shape index (κ3) is 4.13. The average molecular weight is 394 g/mol.